The van der Waals surface area contributed by atoms with Crippen LogP contribution >= 0.6 is 0 Å². The maximum Gasteiger partial charge on any atom is 0.408 e. The zero-order chi connectivity index (χ0) is 38.7. The van der Waals surface area contributed by atoms with Crippen LogP contribution in [0.25, 0.3) is 10.9 Å². The number of benzene rings is 3. The summed E-state index contributed by atoms with van der Waals surface area (Å²) in [5.74, 6) is -4.68. The van der Waals surface area contributed by atoms with Crippen LogP contribution in [0, 0.1) is 0 Å². The van der Waals surface area contributed by atoms with E-state index in [4.69, 9.17) is 10.5 Å². The van der Waals surface area contributed by atoms with E-state index in [0.717, 1.165) is 21.4 Å². The fourth-order valence-corrected chi connectivity index (χ4v) is 5.81. The van der Waals surface area contributed by atoms with Gasteiger partial charge >= 0.3 is 12.1 Å². The smallest absolute Gasteiger partial charge is 0.408 e. The molecule has 4 rings (SSSR count). The Hall–Kier alpha value is -6.18. The molecule has 1 heterocycles. The number of carbonyl (C=O) groups excluding carboxylic acids is 5. The Kier molecular flexibility index (Phi) is 13.3. The van der Waals surface area contributed by atoms with Crippen molar-refractivity contribution in [1.29, 1.82) is 0 Å². The van der Waals surface area contributed by atoms with Crippen molar-refractivity contribution in [2.45, 2.75) is 76.2 Å². The SMILES string of the molecule is CN(C(=O)[C@@H](Cc1c[nH]c2ccccc12)NC(=O)OC(C)(C)C)[C@@H](Cc1ccccc1)C(=O)N[C@@H](CC(=O)O)C(=O)N[C@@H](Cc1ccccc1)C(N)=O. The van der Waals surface area contributed by atoms with E-state index in [1.807, 2.05) is 24.3 Å². The lowest BCUT2D eigenvalue weighted by atomic mass is 10.00. The van der Waals surface area contributed by atoms with Crippen molar-refractivity contribution in [2.75, 3.05) is 7.05 Å². The highest BCUT2D eigenvalue weighted by atomic mass is 16.6. The molecular weight excluding hydrogens is 680 g/mol. The molecule has 0 aliphatic heterocycles. The van der Waals surface area contributed by atoms with E-state index in [9.17, 15) is 33.9 Å². The number of aromatic nitrogens is 1. The Balaban J connectivity index is 1.63. The molecule has 0 saturated carbocycles. The topological polar surface area (TPSA) is 213 Å². The van der Waals surface area contributed by atoms with Crippen molar-refractivity contribution in [3.8, 4) is 0 Å². The van der Waals surface area contributed by atoms with Crippen LogP contribution in [0.15, 0.2) is 91.1 Å². The number of carbonyl (C=O) groups is 6. The third kappa shape index (κ3) is 11.7. The molecule has 53 heavy (non-hydrogen) atoms. The zero-order valence-electron chi connectivity index (χ0n) is 30.1. The molecule has 0 aliphatic rings. The summed E-state index contributed by atoms with van der Waals surface area (Å²) in [6.07, 6.45) is 0.111. The first-order chi connectivity index (χ1) is 25.1. The van der Waals surface area contributed by atoms with Crippen molar-refractivity contribution in [1.82, 2.24) is 25.8 Å². The van der Waals surface area contributed by atoms with Gasteiger partial charge in [-0.1, -0.05) is 78.9 Å². The first kappa shape index (κ1) is 39.6. The molecule has 0 saturated heterocycles. The monoisotopic (exact) mass is 726 g/mol. The Morgan fingerprint density at radius 3 is 1.91 bits per heavy atom. The predicted molar refractivity (Wildman–Crippen MR) is 197 cm³/mol. The van der Waals surface area contributed by atoms with E-state index in [2.05, 4.69) is 20.9 Å². The summed E-state index contributed by atoms with van der Waals surface area (Å²) in [5.41, 5.74) is 7.62. The summed E-state index contributed by atoms with van der Waals surface area (Å²) in [7, 11) is 1.39. The normalized spacial score (nSPS) is 13.5. The molecule has 5 amide bonds. The summed E-state index contributed by atoms with van der Waals surface area (Å²) < 4.78 is 5.47. The van der Waals surface area contributed by atoms with Gasteiger partial charge in [-0.25, -0.2) is 4.79 Å². The second-order valence-electron chi connectivity index (χ2n) is 13.7. The number of para-hydroxylation sites is 1. The van der Waals surface area contributed by atoms with Crippen LogP contribution in [0.2, 0.25) is 0 Å². The average Bonchev–Trinajstić information content (AvgIpc) is 3.51. The van der Waals surface area contributed by atoms with Crippen LogP contribution in [-0.4, -0.2) is 87.5 Å². The van der Waals surface area contributed by atoms with Gasteiger partial charge in [-0.05, 0) is 43.5 Å². The number of hydrogen-bond donors (Lipinski definition) is 6. The fourth-order valence-electron chi connectivity index (χ4n) is 5.81. The lowest BCUT2D eigenvalue weighted by Gasteiger charge is -2.32. The number of fused-ring (bicyclic) bond motifs is 1. The van der Waals surface area contributed by atoms with Crippen LogP contribution in [0.4, 0.5) is 4.79 Å². The van der Waals surface area contributed by atoms with Crippen LogP contribution < -0.4 is 21.7 Å². The van der Waals surface area contributed by atoms with Gasteiger partial charge in [0.25, 0.3) is 0 Å². The fraction of sp³-hybridized carbons (Fsp3) is 0.333. The number of rotatable bonds is 16. The van der Waals surface area contributed by atoms with Gasteiger partial charge in [0.1, 0.15) is 29.8 Å². The molecule has 0 radical (unpaired) electrons. The third-order valence-corrected chi connectivity index (χ3v) is 8.43. The standard InChI is InChI=1S/C39H46N6O8/c1-39(2,3)53-38(52)44-31(21-26-23-41-28-18-12-11-17-27(26)28)37(51)45(4)32(20-25-15-9-6-10-16-25)36(50)43-30(22-33(46)47)35(49)42-29(34(40)48)19-24-13-7-5-8-14-24/h5-18,23,29-32,41H,19-22H2,1-4H3,(H2,40,48)(H,42,49)(H,43,50)(H,44,52)(H,46,47)/t29-,30-,31+,32-/m0/s1. The van der Waals surface area contributed by atoms with Gasteiger partial charge in [0, 0.05) is 43.4 Å². The maximum atomic E-state index is 14.4. The van der Waals surface area contributed by atoms with Gasteiger partial charge in [-0.2, -0.15) is 0 Å². The molecule has 0 fully saturated rings. The van der Waals surface area contributed by atoms with Crippen LogP contribution in [0.1, 0.15) is 43.9 Å². The number of likely N-dealkylation sites (N-methyl/N-ethyl adjacent to an activating group) is 1. The minimum atomic E-state index is -1.64. The van der Waals surface area contributed by atoms with Crippen molar-refractivity contribution in [3.63, 3.8) is 0 Å². The van der Waals surface area contributed by atoms with Crippen molar-refractivity contribution in [2.24, 2.45) is 5.73 Å². The molecule has 0 spiro atoms. The van der Waals surface area contributed by atoms with Gasteiger partial charge in [-0.15, -0.1) is 0 Å². The molecule has 14 heteroatoms. The molecule has 0 aliphatic carbocycles. The van der Waals surface area contributed by atoms with E-state index in [1.54, 1.807) is 87.6 Å². The number of aromatic amines is 1. The molecule has 4 aromatic rings. The number of H-pyrrole nitrogens is 1. The van der Waals surface area contributed by atoms with E-state index < -0.39 is 71.9 Å². The maximum absolute atomic E-state index is 14.4. The Morgan fingerprint density at radius 1 is 0.755 bits per heavy atom. The molecule has 14 nitrogen and oxygen atoms in total. The number of nitrogens with zero attached hydrogens (tertiary/aromatic N) is 1. The van der Waals surface area contributed by atoms with Crippen molar-refractivity contribution in [3.05, 3.63) is 108 Å². The highest BCUT2D eigenvalue weighted by molar-refractivity contribution is 5.97. The number of alkyl carbamates (subject to hydrolysis) is 1. The zero-order valence-corrected chi connectivity index (χ0v) is 30.1. The molecule has 280 valence electrons. The number of amides is 5. The Labute approximate surface area is 307 Å². The largest absolute Gasteiger partial charge is 0.481 e. The number of carboxylic acid groups (broad SMARTS) is 1. The lowest BCUT2D eigenvalue weighted by molar-refractivity contribution is -0.143. The van der Waals surface area contributed by atoms with Crippen LogP contribution in [-0.2, 0) is 48.0 Å². The first-order valence-electron chi connectivity index (χ1n) is 17.1. The highest BCUT2D eigenvalue weighted by Crippen LogP contribution is 2.21. The van der Waals surface area contributed by atoms with Gasteiger partial charge in [0.15, 0.2) is 0 Å². The molecule has 3 aromatic carbocycles. The average molecular weight is 727 g/mol. The highest BCUT2D eigenvalue weighted by Gasteiger charge is 2.36. The van der Waals surface area contributed by atoms with E-state index in [0.29, 0.717) is 11.1 Å². The number of nitrogens with one attached hydrogen (secondary N) is 4. The minimum Gasteiger partial charge on any atom is -0.481 e. The van der Waals surface area contributed by atoms with E-state index in [-0.39, 0.29) is 19.3 Å². The predicted octanol–water partition coefficient (Wildman–Crippen LogP) is 2.85. The van der Waals surface area contributed by atoms with E-state index in [1.165, 1.54) is 7.05 Å². The van der Waals surface area contributed by atoms with Crippen LogP contribution in [0.5, 0.6) is 0 Å². The third-order valence-electron chi connectivity index (χ3n) is 8.43. The van der Waals surface area contributed by atoms with Gasteiger partial charge in [-0.3, -0.25) is 24.0 Å². The number of nitrogens with two attached hydrogens (primary N) is 1. The summed E-state index contributed by atoms with van der Waals surface area (Å²) in [6.45, 7) is 5.06. The number of carboxylic acids is 1. The molecule has 7 N–H and O–H groups in total. The Bertz CT molecular complexity index is 1910. The van der Waals surface area contributed by atoms with E-state index >= 15 is 0 Å². The summed E-state index contributed by atoms with van der Waals surface area (Å²) in [5, 5.41) is 18.2. The summed E-state index contributed by atoms with van der Waals surface area (Å²) >= 11 is 0. The van der Waals surface area contributed by atoms with Gasteiger partial charge < -0.3 is 41.4 Å². The number of hydrogen-bond acceptors (Lipinski definition) is 7. The number of aliphatic carboxylic acids is 1. The minimum absolute atomic E-state index is 0.0273. The molecule has 0 bridgehead atoms. The molecular formula is C39H46N6O8. The molecule has 4 atom stereocenters. The summed E-state index contributed by atoms with van der Waals surface area (Å²) in [6, 6.07) is 19.7. The van der Waals surface area contributed by atoms with Crippen molar-refractivity contribution < 1.29 is 38.6 Å². The molecule has 0 unspecified atom stereocenters. The second kappa shape index (κ2) is 17.8. The quantitative estimate of drug-likeness (QED) is 0.101. The van der Waals surface area contributed by atoms with Crippen molar-refractivity contribution >= 4 is 46.6 Å². The second-order valence-corrected chi connectivity index (χ2v) is 13.7. The number of primary amides is 1. The van der Waals surface area contributed by atoms with Gasteiger partial charge in [0.05, 0.1) is 6.42 Å². The van der Waals surface area contributed by atoms with Gasteiger partial charge in [0.2, 0.25) is 23.6 Å². The van der Waals surface area contributed by atoms with Crippen LogP contribution in [0.3, 0.4) is 0 Å². The lowest BCUT2D eigenvalue weighted by Crippen LogP contribution is -2.59. The molecule has 1 aromatic heterocycles. The number of ether oxygens (including phenoxy) is 1. The summed E-state index contributed by atoms with van der Waals surface area (Å²) in [4.78, 5) is 83.6. The first-order valence-corrected chi connectivity index (χ1v) is 17.1. The Morgan fingerprint density at radius 2 is 1.32 bits per heavy atom.